The number of hydrogen-bond donors (Lipinski definition) is 1. The highest BCUT2D eigenvalue weighted by Crippen LogP contribution is 2.29. The minimum atomic E-state index is -0.652. The van der Waals surface area contributed by atoms with Crippen molar-refractivity contribution in [1.82, 2.24) is 24.2 Å². The molecule has 0 unspecified atom stereocenters. The molecule has 10 heteroatoms. The molecule has 1 aliphatic rings. The number of aryl methyl sites for hydroxylation is 1. The SMILES string of the molecule is Cc1ccc(-n2nc(C(N)=O)c3c2C(=O)N(c2ccc(-n4ccnc4CN(C)C(=O)CC(C)C)cc2)CC3)cc1. The Kier molecular flexibility index (Phi) is 7.25. The summed E-state index contributed by atoms with van der Waals surface area (Å²) in [6, 6.07) is 15.2. The van der Waals surface area contributed by atoms with Crippen LogP contribution in [-0.2, 0) is 17.8 Å². The highest BCUT2D eigenvalue weighted by Gasteiger charge is 2.34. The van der Waals surface area contributed by atoms with E-state index in [1.807, 2.05) is 80.1 Å². The van der Waals surface area contributed by atoms with E-state index >= 15 is 0 Å². The number of nitrogens with two attached hydrogens (primary N) is 1. The Bertz CT molecular complexity index is 1570. The average Bonchev–Trinajstić information content (AvgIpc) is 3.54. The van der Waals surface area contributed by atoms with Gasteiger partial charge in [-0.05, 0) is 55.7 Å². The van der Waals surface area contributed by atoms with Gasteiger partial charge in [0.1, 0.15) is 11.5 Å². The number of anilines is 1. The number of carbonyl (C=O) groups excluding carboxylic acids is 3. The number of carbonyl (C=O) groups is 3. The standard InChI is InChI=1S/C30H33N7O3/c1-19(2)17-26(38)34(4)18-25-32-14-16-35(25)21-9-11-22(12-10-21)36-15-13-24-27(29(31)39)33-37(28(24)30(36)40)23-7-5-20(3)6-8-23/h5-12,14,16,19H,13,15,17-18H2,1-4H3,(H2,31,39). The van der Waals surface area contributed by atoms with Gasteiger partial charge in [0.15, 0.2) is 5.69 Å². The van der Waals surface area contributed by atoms with Gasteiger partial charge >= 0.3 is 0 Å². The summed E-state index contributed by atoms with van der Waals surface area (Å²) in [6.07, 6.45) is 4.51. The van der Waals surface area contributed by atoms with Crippen LogP contribution in [0.5, 0.6) is 0 Å². The van der Waals surface area contributed by atoms with Crippen LogP contribution in [0, 0.1) is 12.8 Å². The lowest BCUT2D eigenvalue weighted by atomic mass is 10.0. The number of aromatic nitrogens is 4. The van der Waals surface area contributed by atoms with Crippen LogP contribution in [0.4, 0.5) is 5.69 Å². The van der Waals surface area contributed by atoms with Gasteiger partial charge in [-0.15, -0.1) is 0 Å². The Morgan fingerprint density at radius 2 is 1.68 bits per heavy atom. The smallest absolute Gasteiger partial charge is 0.277 e. The van der Waals surface area contributed by atoms with E-state index in [9.17, 15) is 14.4 Å². The van der Waals surface area contributed by atoms with Crippen molar-refractivity contribution in [3.05, 3.63) is 89.3 Å². The van der Waals surface area contributed by atoms with Crippen molar-refractivity contribution in [3.8, 4) is 11.4 Å². The molecule has 40 heavy (non-hydrogen) atoms. The second kappa shape index (κ2) is 10.8. The maximum atomic E-state index is 13.8. The average molecular weight is 540 g/mol. The minimum absolute atomic E-state index is 0.0762. The van der Waals surface area contributed by atoms with Crippen molar-refractivity contribution < 1.29 is 14.4 Å². The zero-order valence-corrected chi connectivity index (χ0v) is 23.2. The first kappa shape index (κ1) is 26.9. The van der Waals surface area contributed by atoms with E-state index in [4.69, 9.17) is 5.73 Å². The van der Waals surface area contributed by atoms with Gasteiger partial charge in [-0.25, -0.2) is 9.67 Å². The third-order valence-corrected chi connectivity index (χ3v) is 7.07. The molecule has 5 rings (SSSR count). The van der Waals surface area contributed by atoms with Crippen molar-refractivity contribution in [1.29, 1.82) is 0 Å². The van der Waals surface area contributed by atoms with Gasteiger partial charge in [-0.2, -0.15) is 5.10 Å². The van der Waals surface area contributed by atoms with Gasteiger partial charge in [0.05, 0.1) is 12.2 Å². The number of fused-ring (bicyclic) bond motifs is 1. The van der Waals surface area contributed by atoms with Gasteiger partial charge in [-0.1, -0.05) is 31.5 Å². The molecule has 10 nitrogen and oxygen atoms in total. The quantitative estimate of drug-likeness (QED) is 0.366. The van der Waals surface area contributed by atoms with Crippen molar-refractivity contribution in [2.45, 2.75) is 40.2 Å². The molecule has 0 aliphatic carbocycles. The van der Waals surface area contributed by atoms with Crippen molar-refractivity contribution in [2.75, 3.05) is 18.5 Å². The normalized spacial score (nSPS) is 13.0. The first-order valence-electron chi connectivity index (χ1n) is 13.3. The summed E-state index contributed by atoms with van der Waals surface area (Å²) in [5.41, 5.74) is 10.0. The maximum Gasteiger partial charge on any atom is 0.277 e. The van der Waals surface area contributed by atoms with E-state index in [1.165, 1.54) is 4.68 Å². The van der Waals surface area contributed by atoms with Gasteiger partial charge in [0.2, 0.25) is 5.91 Å². The van der Waals surface area contributed by atoms with Crippen molar-refractivity contribution >= 4 is 23.4 Å². The van der Waals surface area contributed by atoms with Gasteiger partial charge in [0, 0.05) is 49.3 Å². The number of amides is 3. The molecule has 2 aromatic heterocycles. The van der Waals surface area contributed by atoms with E-state index in [0.717, 1.165) is 22.8 Å². The van der Waals surface area contributed by atoms with Crippen LogP contribution in [0.2, 0.25) is 0 Å². The third-order valence-electron chi connectivity index (χ3n) is 7.07. The fourth-order valence-corrected chi connectivity index (χ4v) is 4.96. The molecule has 206 valence electrons. The Morgan fingerprint density at radius 1 is 1.02 bits per heavy atom. The third kappa shape index (κ3) is 5.12. The maximum absolute atomic E-state index is 13.8. The molecule has 3 amide bonds. The van der Waals surface area contributed by atoms with Crippen LogP contribution in [0.1, 0.15) is 58.2 Å². The van der Waals surface area contributed by atoms with Crippen LogP contribution >= 0.6 is 0 Å². The van der Waals surface area contributed by atoms with Gasteiger partial charge < -0.3 is 20.1 Å². The molecule has 0 fully saturated rings. The first-order valence-corrected chi connectivity index (χ1v) is 13.3. The van der Waals surface area contributed by atoms with E-state index < -0.39 is 5.91 Å². The number of nitrogens with zero attached hydrogens (tertiary/aromatic N) is 6. The molecule has 0 radical (unpaired) electrons. The largest absolute Gasteiger partial charge is 0.364 e. The lowest BCUT2D eigenvalue weighted by Crippen LogP contribution is -2.39. The lowest BCUT2D eigenvalue weighted by molar-refractivity contribution is -0.131. The zero-order valence-electron chi connectivity index (χ0n) is 23.2. The van der Waals surface area contributed by atoms with Gasteiger partial charge in [0.25, 0.3) is 11.8 Å². The molecule has 0 bridgehead atoms. The van der Waals surface area contributed by atoms with E-state index in [0.29, 0.717) is 42.9 Å². The highest BCUT2D eigenvalue weighted by molar-refractivity contribution is 6.09. The number of imidazole rings is 1. The second-order valence-corrected chi connectivity index (χ2v) is 10.6. The summed E-state index contributed by atoms with van der Waals surface area (Å²) >= 11 is 0. The van der Waals surface area contributed by atoms with Crippen LogP contribution in [0.25, 0.3) is 11.4 Å². The molecule has 0 spiro atoms. The molecule has 3 heterocycles. The van der Waals surface area contributed by atoms with Crippen LogP contribution in [0.3, 0.4) is 0 Å². The fraction of sp³-hybridized carbons (Fsp3) is 0.300. The summed E-state index contributed by atoms with van der Waals surface area (Å²) in [4.78, 5) is 46.2. The van der Waals surface area contributed by atoms with Gasteiger partial charge in [-0.3, -0.25) is 14.4 Å². The Labute approximate surface area is 233 Å². The predicted octanol–water partition coefficient (Wildman–Crippen LogP) is 3.67. The molecule has 0 saturated carbocycles. The molecule has 2 aromatic carbocycles. The fourth-order valence-electron chi connectivity index (χ4n) is 4.96. The minimum Gasteiger partial charge on any atom is -0.364 e. The molecular formula is C30H33N7O3. The highest BCUT2D eigenvalue weighted by atomic mass is 16.2. The molecule has 4 aromatic rings. The van der Waals surface area contributed by atoms with Crippen molar-refractivity contribution in [3.63, 3.8) is 0 Å². The Hall–Kier alpha value is -4.73. The topological polar surface area (TPSA) is 119 Å². The second-order valence-electron chi connectivity index (χ2n) is 10.6. The molecular weight excluding hydrogens is 506 g/mol. The predicted molar refractivity (Wildman–Crippen MR) is 152 cm³/mol. The summed E-state index contributed by atoms with van der Waals surface area (Å²) < 4.78 is 3.46. The van der Waals surface area contributed by atoms with E-state index in [-0.39, 0.29) is 23.4 Å². The first-order chi connectivity index (χ1) is 19.1. The lowest BCUT2D eigenvalue weighted by Gasteiger charge is -2.28. The summed E-state index contributed by atoms with van der Waals surface area (Å²) in [5.74, 6) is 0.205. The van der Waals surface area contributed by atoms with Crippen molar-refractivity contribution in [2.24, 2.45) is 11.7 Å². The Balaban J connectivity index is 1.41. The number of rotatable bonds is 8. The number of hydrogen-bond acceptors (Lipinski definition) is 5. The van der Waals surface area contributed by atoms with E-state index in [1.54, 1.807) is 23.0 Å². The molecule has 0 saturated heterocycles. The number of benzene rings is 2. The summed E-state index contributed by atoms with van der Waals surface area (Å²) in [7, 11) is 1.79. The zero-order chi connectivity index (χ0) is 28.6. The number of primary amides is 1. The van der Waals surface area contributed by atoms with Crippen LogP contribution < -0.4 is 10.6 Å². The molecule has 0 atom stereocenters. The van der Waals surface area contributed by atoms with E-state index in [2.05, 4.69) is 10.1 Å². The van der Waals surface area contributed by atoms with Crippen LogP contribution in [-0.4, -0.2) is 55.5 Å². The monoisotopic (exact) mass is 539 g/mol. The molecule has 1 aliphatic heterocycles. The Morgan fingerprint density at radius 3 is 2.33 bits per heavy atom. The summed E-state index contributed by atoms with van der Waals surface area (Å²) in [6.45, 7) is 6.80. The molecule has 2 N–H and O–H groups in total. The van der Waals surface area contributed by atoms with Crippen LogP contribution in [0.15, 0.2) is 60.9 Å². The summed E-state index contributed by atoms with van der Waals surface area (Å²) in [5, 5.41) is 4.44.